The molecule has 34 heavy (non-hydrogen) atoms. The highest BCUT2D eigenvalue weighted by Crippen LogP contribution is 2.49. The largest absolute Gasteiger partial charge is 0.435 e. The highest BCUT2D eigenvalue weighted by Gasteiger charge is 2.62. The van der Waals surface area contributed by atoms with Gasteiger partial charge in [0.2, 0.25) is 0 Å². The van der Waals surface area contributed by atoms with Crippen molar-refractivity contribution in [3.8, 4) is 0 Å². The van der Waals surface area contributed by atoms with Crippen molar-refractivity contribution in [1.29, 1.82) is 0 Å². The van der Waals surface area contributed by atoms with Gasteiger partial charge in [-0.15, -0.1) is 0 Å². The summed E-state index contributed by atoms with van der Waals surface area (Å²) < 4.78 is 43.1. The van der Waals surface area contributed by atoms with Crippen LogP contribution in [0, 0.1) is 3.57 Å². The van der Waals surface area contributed by atoms with Gasteiger partial charge in [-0.3, -0.25) is 9.78 Å². The minimum atomic E-state index is -4.79. The molecule has 1 aromatic heterocycles. The summed E-state index contributed by atoms with van der Waals surface area (Å²) in [6.07, 6.45) is -3.73. The van der Waals surface area contributed by atoms with E-state index in [2.05, 4.69) is 15.5 Å². The number of hydrogen-bond acceptors (Lipinski definition) is 4. The molecule has 0 bridgehead atoms. The maximum absolute atomic E-state index is 14.2. The van der Waals surface area contributed by atoms with Crippen molar-refractivity contribution in [2.45, 2.75) is 24.7 Å². The number of carbonyl (C=O) groups excluding carboxylic acids is 1. The number of alkyl halides is 3. The number of nitrogens with zero attached hydrogens (tertiary/aromatic N) is 2. The van der Waals surface area contributed by atoms with Crippen LogP contribution in [0.15, 0.2) is 65.9 Å². The van der Waals surface area contributed by atoms with Crippen molar-refractivity contribution in [3.63, 3.8) is 0 Å². The zero-order valence-corrected chi connectivity index (χ0v) is 20.8. The standard InChI is InChI=1S/C23H15Cl2F3IN3O2/c24-15-8-14(9-16(25)10-15)22(23(26,27)28)11-20(32-34-22)13-4-5-18(19(29)7-13)21(33)31-12-17-3-1-2-6-30-17/h1-10H,11-12H2,(H,31,33). The van der Waals surface area contributed by atoms with E-state index in [-0.39, 0.29) is 33.8 Å². The van der Waals surface area contributed by atoms with Gasteiger partial charge in [0.05, 0.1) is 23.5 Å². The number of nitrogens with one attached hydrogen (secondary N) is 1. The molecule has 5 nitrogen and oxygen atoms in total. The van der Waals surface area contributed by atoms with E-state index in [0.29, 0.717) is 20.4 Å². The van der Waals surface area contributed by atoms with Crippen LogP contribution in [0.25, 0.3) is 0 Å². The maximum atomic E-state index is 14.2. The molecular formula is C23H15Cl2F3IN3O2. The second kappa shape index (κ2) is 9.71. The van der Waals surface area contributed by atoms with Gasteiger partial charge < -0.3 is 10.2 Å². The first-order chi connectivity index (χ1) is 16.1. The molecular weight excluding hydrogens is 605 g/mol. The van der Waals surface area contributed by atoms with Gasteiger partial charge in [-0.1, -0.05) is 40.5 Å². The Bertz CT molecular complexity index is 1250. The van der Waals surface area contributed by atoms with Crippen LogP contribution in [0.2, 0.25) is 10.0 Å². The van der Waals surface area contributed by atoms with E-state index in [0.717, 1.165) is 12.1 Å². The molecule has 1 N–H and O–H groups in total. The summed E-state index contributed by atoms with van der Waals surface area (Å²) in [6, 6.07) is 13.7. The lowest BCUT2D eigenvalue weighted by molar-refractivity contribution is -0.275. The van der Waals surface area contributed by atoms with Crippen molar-refractivity contribution in [2.24, 2.45) is 5.16 Å². The second-order valence-electron chi connectivity index (χ2n) is 7.49. The van der Waals surface area contributed by atoms with Gasteiger partial charge in [-0.2, -0.15) is 13.2 Å². The molecule has 0 aliphatic carbocycles. The van der Waals surface area contributed by atoms with Crippen LogP contribution in [0.4, 0.5) is 13.2 Å². The van der Waals surface area contributed by atoms with Gasteiger partial charge in [-0.05, 0) is 65.1 Å². The molecule has 1 aliphatic rings. The van der Waals surface area contributed by atoms with Crippen molar-refractivity contribution in [1.82, 2.24) is 10.3 Å². The smallest absolute Gasteiger partial charge is 0.374 e. The van der Waals surface area contributed by atoms with Gasteiger partial charge in [0.1, 0.15) is 0 Å². The van der Waals surface area contributed by atoms with E-state index < -0.39 is 18.2 Å². The normalized spacial score (nSPS) is 17.8. The van der Waals surface area contributed by atoms with E-state index in [1.807, 2.05) is 28.7 Å². The number of hydrogen-bond donors (Lipinski definition) is 1. The Balaban J connectivity index is 1.56. The predicted octanol–water partition coefficient (Wildman–Crippen LogP) is 6.51. The van der Waals surface area contributed by atoms with E-state index in [1.165, 1.54) is 18.2 Å². The van der Waals surface area contributed by atoms with E-state index in [4.69, 9.17) is 28.0 Å². The molecule has 2 aromatic carbocycles. The Labute approximate surface area is 216 Å². The average molecular weight is 620 g/mol. The molecule has 0 saturated heterocycles. The number of halogens is 6. The number of carbonyl (C=O) groups is 1. The first-order valence-corrected chi connectivity index (χ1v) is 11.7. The maximum Gasteiger partial charge on any atom is 0.435 e. The molecule has 1 aliphatic heterocycles. The number of pyridine rings is 1. The summed E-state index contributed by atoms with van der Waals surface area (Å²) in [5.74, 6) is -0.329. The molecule has 1 atom stereocenters. The van der Waals surface area contributed by atoms with Gasteiger partial charge in [0.15, 0.2) is 0 Å². The van der Waals surface area contributed by atoms with Crippen molar-refractivity contribution < 1.29 is 22.8 Å². The molecule has 4 rings (SSSR count). The molecule has 3 aromatic rings. The fourth-order valence-corrected chi connectivity index (χ4v) is 4.78. The molecule has 176 valence electrons. The lowest BCUT2D eigenvalue weighted by Gasteiger charge is -2.29. The van der Waals surface area contributed by atoms with Gasteiger partial charge in [0.25, 0.3) is 11.5 Å². The number of amides is 1. The SMILES string of the molecule is O=C(NCc1ccccn1)c1ccc(C2=NOC(c3cc(Cl)cc(Cl)c3)(C(F)(F)F)C2)cc1I. The Hall–Kier alpha value is -2.37. The van der Waals surface area contributed by atoms with Crippen molar-refractivity contribution >= 4 is 57.4 Å². The second-order valence-corrected chi connectivity index (χ2v) is 9.52. The monoisotopic (exact) mass is 619 g/mol. The van der Waals surface area contributed by atoms with Crippen molar-refractivity contribution in [2.75, 3.05) is 0 Å². The Kier molecular flexibility index (Phi) is 7.07. The summed E-state index contributed by atoms with van der Waals surface area (Å²) in [4.78, 5) is 21.8. The van der Waals surface area contributed by atoms with E-state index in [9.17, 15) is 18.0 Å². The first kappa shape index (κ1) is 24.7. The lowest BCUT2D eigenvalue weighted by atomic mass is 9.86. The summed E-state index contributed by atoms with van der Waals surface area (Å²) in [5, 5.41) is 6.64. The molecule has 0 radical (unpaired) electrons. The van der Waals surface area contributed by atoms with Gasteiger partial charge in [-0.25, -0.2) is 0 Å². The lowest BCUT2D eigenvalue weighted by Crippen LogP contribution is -2.42. The third-order valence-corrected chi connectivity index (χ3v) is 6.55. The first-order valence-electron chi connectivity index (χ1n) is 9.85. The third-order valence-electron chi connectivity index (χ3n) is 5.22. The zero-order valence-electron chi connectivity index (χ0n) is 17.2. The molecule has 0 saturated carbocycles. The van der Waals surface area contributed by atoms with Crippen LogP contribution < -0.4 is 5.32 Å². The fraction of sp³-hybridized carbons (Fsp3) is 0.174. The highest BCUT2D eigenvalue weighted by atomic mass is 127. The molecule has 11 heteroatoms. The van der Waals surface area contributed by atoms with E-state index in [1.54, 1.807) is 24.4 Å². The van der Waals surface area contributed by atoms with Crippen LogP contribution in [0.1, 0.15) is 33.6 Å². The van der Waals surface area contributed by atoms with Crippen LogP contribution >= 0.6 is 45.8 Å². The quantitative estimate of drug-likeness (QED) is 0.332. The Morgan fingerprint density at radius 3 is 2.47 bits per heavy atom. The average Bonchev–Trinajstić information content (AvgIpc) is 3.25. The summed E-state index contributed by atoms with van der Waals surface area (Å²) in [5.41, 5.74) is -1.39. The van der Waals surface area contributed by atoms with Crippen LogP contribution in [-0.4, -0.2) is 22.8 Å². The fourth-order valence-electron chi connectivity index (χ4n) is 3.49. The Morgan fingerprint density at radius 1 is 1.12 bits per heavy atom. The van der Waals surface area contributed by atoms with E-state index >= 15 is 0 Å². The highest BCUT2D eigenvalue weighted by molar-refractivity contribution is 14.1. The van der Waals surface area contributed by atoms with Crippen LogP contribution in [0.3, 0.4) is 0 Å². The topological polar surface area (TPSA) is 63.6 Å². The number of oxime groups is 1. The summed E-state index contributed by atoms with van der Waals surface area (Å²) in [7, 11) is 0. The number of rotatable bonds is 5. The Morgan fingerprint density at radius 2 is 1.85 bits per heavy atom. The molecule has 0 spiro atoms. The van der Waals surface area contributed by atoms with Gasteiger partial charge >= 0.3 is 6.18 Å². The third kappa shape index (κ3) is 5.01. The molecule has 0 fully saturated rings. The molecule has 2 heterocycles. The number of benzene rings is 2. The minimum Gasteiger partial charge on any atom is -0.374 e. The van der Waals surface area contributed by atoms with Crippen LogP contribution in [0.5, 0.6) is 0 Å². The van der Waals surface area contributed by atoms with Gasteiger partial charge in [0, 0.05) is 37.4 Å². The van der Waals surface area contributed by atoms with Crippen LogP contribution in [-0.2, 0) is 17.0 Å². The minimum absolute atomic E-state index is 0.0544. The molecule has 1 unspecified atom stereocenters. The predicted molar refractivity (Wildman–Crippen MR) is 131 cm³/mol. The summed E-state index contributed by atoms with van der Waals surface area (Å²) >= 11 is 13.8. The molecule has 1 amide bonds. The summed E-state index contributed by atoms with van der Waals surface area (Å²) in [6.45, 7) is 0.244. The van der Waals surface area contributed by atoms with Crippen molar-refractivity contribution in [3.05, 3.63) is 96.8 Å². The zero-order chi connectivity index (χ0) is 24.5. The number of aromatic nitrogens is 1.